The van der Waals surface area contributed by atoms with Crippen LogP contribution in [0, 0.1) is 12.3 Å². The molecule has 1 radical (unpaired) electrons. The van der Waals surface area contributed by atoms with E-state index in [0.717, 1.165) is 18.4 Å². The average molecular weight is 359 g/mol. The topological polar surface area (TPSA) is 34.1 Å². The highest BCUT2D eigenvalue weighted by molar-refractivity contribution is 6.28. The van der Waals surface area contributed by atoms with Crippen LogP contribution in [0.15, 0.2) is 42.5 Å². The zero-order chi connectivity index (χ0) is 18.6. The Morgan fingerprint density at radius 3 is 2.19 bits per heavy atom. The molecule has 0 heterocycles. The van der Waals surface area contributed by atoms with Gasteiger partial charge in [0, 0.05) is 22.3 Å². The van der Waals surface area contributed by atoms with Crippen LogP contribution in [0.1, 0.15) is 88.8 Å². The molecule has 0 aliphatic heterocycles. The summed E-state index contributed by atoms with van der Waals surface area (Å²) < 4.78 is 0. The molecule has 27 heavy (non-hydrogen) atoms. The Labute approximate surface area is 162 Å². The fourth-order valence-corrected chi connectivity index (χ4v) is 4.58. The summed E-state index contributed by atoms with van der Waals surface area (Å²) in [5, 5.41) is 0. The normalized spacial score (nSPS) is 18.7. The first-order chi connectivity index (χ1) is 13.3. The SMILES string of the molecule is O=C1c2ccccc2C(=O)c2c(CC3[CH]CCCCCCCC3)cccc21. The second-order valence-electron chi connectivity index (χ2n) is 7.94. The van der Waals surface area contributed by atoms with E-state index in [4.69, 9.17) is 0 Å². The molecule has 2 nitrogen and oxygen atoms in total. The van der Waals surface area contributed by atoms with E-state index in [1.807, 2.05) is 30.3 Å². The summed E-state index contributed by atoms with van der Waals surface area (Å²) >= 11 is 0. The molecule has 1 unspecified atom stereocenters. The number of fused-ring (bicyclic) bond motifs is 2. The summed E-state index contributed by atoms with van der Waals surface area (Å²) in [5.74, 6) is 0.488. The highest BCUT2D eigenvalue weighted by atomic mass is 16.1. The second kappa shape index (κ2) is 8.21. The van der Waals surface area contributed by atoms with Crippen molar-refractivity contribution >= 4 is 11.6 Å². The van der Waals surface area contributed by atoms with Gasteiger partial charge < -0.3 is 0 Å². The van der Waals surface area contributed by atoms with Crippen molar-refractivity contribution in [3.8, 4) is 0 Å². The third-order valence-corrected chi connectivity index (χ3v) is 6.05. The van der Waals surface area contributed by atoms with E-state index < -0.39 is 0 Å². The van der Waals surface area contributed by atoms with Crippen molar-refractivity contribution < 1.29 is 9.59 Å². The van der Waals surface area contributed by atoms with Gasteiger partial charge in [0.1, 0.15) is 0 Å². The molecule has 1 fully saturated rings. The van der Waals surface area contributed by atoms with Crippen molar-refractivity contribution in [3.05, 3.63) is 76.7 Å². The minimum Gasteiger partial charge on any atom is -0.289 e. The maximum Gasteiger partial charge on any atom is 0.194 e. The quantitative estimate of drug-likeness (QED) is 0.566. The van der Waals surface area contributed by atoms with E-state index in [2.05, 4.69) is 6.42 Å². The monoisotopic (exact) mass is 359 g/mol. The summed E-state index contributed by atoms with van der Waals surface area (Å²) in [6.07, 6.45) is 13.5. The molecule has 0 bridgehead atoms. The smallest absolute Gasteiger partial charge is 0.194 e. The van der Waals surface area contributed by atoms with Crippen molar-refractivity contribution in [1.82, 2.24) is 0 Å². The van der Waals surface area contributed by atoms with Crippen molar-refractivity contribution in [3.63, 3.8) is 0 Å². The number of hydrogen-bond acceptors (Lipinski definition) is 2. The lowest BCUT2D eigenvalue weighted by atomic mass is 9.79. The predicted molar refractivity (Wildman–Crippen MR) is 108 cm³/mol. The zero-order valence-corrected chi connectivity index (χ0v) is 15.9. The van der Waals surface area contributed by atoms with Crippen LogP contribution in [-0.2, 0) is 6.42 Å². The van der Waals surface area contributed by atoms with Gasteiger partial charge in [0.05, 0.1) is 0 Å². The highest BCUT2D eigenvalue weighted by Gasteiger charge is 2.31. The molecular formula is C25H27O2. The van der Waals surface area contributed by atoms with Crippen molar-refractivity contribution in [2.24, 2.45) is 5.92 Å². The number of rotatable bonds is 2. The van der Waals surface area contributed by atoms with Gasteiger partial charge >= 0.3 is 0 Å². The Balaban J connectivity index is 1.63. The lowest BCUT2D eigenvalue weighted by Gasteiger charge is -2.23. The molecule has 1 atom stereocenters. The van der Waals surface area contributed by atoms with E-state index in [1.54, 1.807) is 12.1 Å². The fraction of sp³-hybridized carbons (Fsp3) is 0.400. The molecule has 139 valence electrons. The summed E-state index contributed by atoms with van der Waals surface area (Å²) in [6.45, 7) is 0. The standard InChI is InChI=1S/C25H27O2/c26-24-20-14-8-9-15-21(20)25(27)23-19(13-10-16-22(23)24)17-18-11-6-4-2-1-3-5-7-12-18/h8-11,13-16,18H,1-7,12,17H2. The van der Waals surface area contributed by atoms with Crippen LogP contribution in [0.25, 0.3) is 0 Å². The van der Waals surface area contributed by atoms with Crippen LogP contribution in [0.4, 0.5) is 0 Å². The molecule has 1 saturated carbocycles. The van der Waals surface area contributed by atoms with E-state index in [1.165, 1.54) is 44.9 Å². The maximum atomic E-state index is 13.2. The first-order valence-corrected chi connectivity index (χ1v) is 10.4. The Bertz CT molecular complexity index is 839. The van der Waals surface area contributed by atoms with Gasteiger partial charge in [-0.2, -0.15) is 0 Å². The van der Waals surface area contributed by atoms with Gasteiger partial charge in [0.25, 0.3) is 0 Å². The van der Waals surface area contributed by atoms with Gasteiger partial charge in [0.2, 0.25) is 0 Å². The lowest BCUT2D eigenvalue weighted by Crippen LogP contribution is -2.23. The van der Waals surface area contributed by atoms with Gasteiger partial charge in [0.15, 0.2) is 11.6 Å². The van der Waals surface area contributed by atoms with E-state index >= 15 is 0 Å². The van der Waals surface area contributed by atoms with Gasteiger partial charge in [-0.15, -0.1) is 0 Å². The summed E-state index contributed by atoms with van der Waals surface area (Å²) in [5.41, 5.74) is 3.36. The van der Waals surface area contributed by atoms with Crippen LogP contribution in [-0.4, -0.2) is 11.6 Å². The molecule has 0 spiro atoms. The summed E-state index contributed by atoms with van der Waals surface area (Å²) in [4.78, 5) is 26.1. The van der Waals surface area contributed by atoms with E-state index in [-0.39, 0.29) is 11.6 Å². The first kappa shape index (κ1) is 18.2. The van der Waals surface area contributed by atoms with Crippen LogP contribution in [0.5, 0.6) is 0 Å². The fourth-order valence-electron chi connectivity index (χ4n) is 4.58. The summed E-state index contributed by atoms with van der Waals surface area (Å²) in [7, 11) is 0. The van der Waals surface area contributed by atoms with E-state index in [9.17, 15) is 9.59 Å². The highest BCUT2D eigenvalue weighted by Crippen LogP contribution is 2.32. The lowest BCUT2D eigenvalue weighted by molar-refractivity contribution is 0.0978. The molecule has 0 N–H and O–H groups in total. The Morgan fingerprint density at radius 1 is 0.704 bits per heavy atom. The number of carbonyl (C=O) groups is 2. The predicted octanol–water partition coefficient (Wildman–Crippen LogP) is 5.96. The van der Waals surface area contributed by atoms with Crippen molar-refractivity contribution in [1.29, 1.82) is 0 Å². The minimum atomic E-state index is -0.0167. The third kappa shape index (κ3) is 3.76. The van der Waals surface area contributed by atoms with Crippen LogP contribution >= 0.6 is 0 Å². The number of benzene rings is 2. The molecule has 0 aromatic heterocycles. The van der Waals surface area contributed by atoms with Crippen molar-refractivity contribution in [2.75, 3.05) is 0 Å². The van der Waals surface area contributed by atoms with Gasteiger partial charge in [-0.1, -0.05) is 81.0 Å². The zero-order valence-electron chi connectivity index (χ0n) is 15.9. The van der Waals surface area contributed by atoms with Crippen LogP contribution < -0.4 is 0 Å². The number of carbonyl (C=O) groups excluding carboxylic acids is 2. The molecule has 2 aliphatic carbocycles. The molecule has 2 aromatic rings. The van der Waals surface area contributed by atoms with Gasteiger partial charge in [-0.3, -0.25) is 9.59 Å². The summed E-state index contributed by atoms with van der Waals surface area (Å²) in [6, 6.07) is 13.0. The molecular weight excluding hydrogens is 332 g/mol. The first-order valence-electron chi connectivity index (χ1n) is 10.4. The number of hydrogen-bond donors (Lipinski definition) is 0. The average Bonchev–Trinajstić information content (AvgIpc) is 2.71. The largest absolute Gasteiger partial charge is 0.289 e. The van der Waals surface area contributed by atoms with Gasteiger partial charge in [-0.25, -0.2) is 0 Å². The minimum absolute atomic E-state index is 0.00988. The third-order valence-electron chi connectivity index (χ3n) is 6.05. The van der Waals surface area contributed by atoms with Crippen molar-refractivity contribution in [2.45, 2.75) is 57.8 Å². The Kier molecular flexibility index (Phi) is 5.52. The molecule has 2 aromatic carbocycles. The molecule has 0 saturated heterocycles. The van der Waals surface area contributed by atoms with Gasteiger partial charge in [-0.05, 0) is 37.2 Å². The molecule has 0 amide bonds. The second-order valence-corrected chi connectivity index (χ2v) is 7.94. The molecule has 2 heteroatoms. The molecule has 2 aliphatic rings. The Morgan fingerprint density at radius 2 is 1.37 bits per heavy atom. The van der Waals surface area contributed by atoms with Crippen LogP contribution in [0.3, 0.4) is 0 Å². The van der Waals surface area contributed by atoms with Crippen LogP contribution in [0.2, 0.25) is 0 Å². The molecule has 4 rings (SSSR count). The van der Waals surface area contributed by atoms with E-state index in [0.29, 0.717) is 28.2 Å². The Hall–Kier alpha value is -2.22. The number of ketones is 2. The maximum absolute atomic E-state index is 13.2.